The van der Waals surface area contributed by atoms with Gasteiger partial charge in [0, 0.05) is 12.7 Å². The lowest BCUT2D eigenvalue weighted by atomic mass is 10.4. The monoisotopic (exact) mass is 234 g/mol. The molecule has 0 spiro atoms. The molecule has 0 aliphatic heterocycles. The van der Waals surface area contributed by atoms with Gasteiger partial charge in [-0.05, 0) is 25.2 Å². The molecule has 2 aromatic heterocycles. The molecule has 5 heteroatoms. The number of imidazole rings is 1. The quantitative estimate of drug-likeness (QED) is 0.753. The molecule has 17 heavy (non-hydrogen) atoms. The van der Waals surface area contributed by atoms with Crippen molar-refractivity contribution in [3.63, 3.8) is 0 Å². The number of fused-ring (bicyclic) bond motifs is 1. The maximum absolute atomic E-state index is 5.67. The van der Waals surface area contributed by atoms with Crippen LogP contribution in [0, 0.1) is 0 Å². The molecule has 0 radical (unpaired) electrons. The molecule has 0 bridgehead atoms. The van der Waals surface area contributed by atoms with Crippen LogP contribution in [0.5, 0.6) is 0 Å². The van der Waals surface area contributed by atoms with E-state index in [1.54, 1.807) is 17.3 Å². The number of nitrogens with zero attached hydrogens (tertiary/aromatic N) is 4. The van der Waals surface area contributed by atoms with Crippen LogP contribution in [-0.4, -0.2) is 45.8 Å². The second-order valence-electron chi connectivity index (χ2n) is 3.78. The topological polar surface area (TPSA) is 43.2 Å². The normalized spacial score (nSPS) is 11.2. The minimum atomic E-state index is 0.655. The standard InChI is InChI=1S/C12H18N4O/c1-3-15(4-2)8-9-17-16-10-14-12-11(16)6-5-7-13-12/h5-7,10H,3-4,8-9H2,1-2H3. The van der Waals surface area contributed by atoms with E-state index in [1.807, 2.05) is 12.1 Å². The largest absolute Gasteiger partial charge is 0.411 e. The van der Waals surface area contributed by atoms with Crippen molar-refractivity contribution in [3.05, 3.63) is 24.7 Å². The highest BCUT2D eigenvalue weighted by atomic mass is 16.7. The van der Waals surface area contributed by atoms with Gasteiger partial charge in [0.1, 0.15) is 18.5 Å². The first-order valence-corrected chi connectivity index (χ1v) is 5.98. The van der Waals surface area contributed by atoms with Crippen LogP contribution in [0.4, 0.5) is 0 Å². The van der Waals surface area contributed by atoms with E-state index in [2.05, 4.69) is 28.7 Å². The first-order valence-electron chi connectivity index (χ1n) is 5.98. The molecular formula is C12H18N4O. The highest BCUT2D eigenvalue weighted by Gasteiger charge is 2.04. The zero-order valence-electron chi connectivity index (χ0n) is 10.3. The predicted molar refractivity (Wildman–Crippen MR) is 66.8 cm³/mol. The summed E-state index contributed by atoms with van der Waals surface area (Å²) in [5.74, 6) is 0. The molecule has 0 aromatic carbocycles. The molecule has 5 nitrogen and oxygen atoms in total. The van der Waals surface area contributed by atoms with E-state index in [0.29, 0.717) is 6.61 Å². The van der Waals surface area contributed by atoms with Crippen molar-refractivity contribution in [2.45, 2.75) is 13.8 Å². The molecule has 0 atom stereocenters. The third-order valence-corrected chi connectivity index (χ3v) is 2.82. The highest BCUT2D eigenvalue weighted by molar-refractivity contribution is 5.69. The second kappa shape index (κ2) is 5.63. The zero-order valence-corrected chi connectivity index (χ0v) is 10.3. The van der Waals surface area contributed by atoms with Crippen LogP contribution in [0.3, 0.4) is 0 Å². The molecule has 0 amide bonds. The third-order valence-electron chi connectivity index (χ3n) is 2.82. The summed E-state index contributed by atoms with van der Waals surface area (Å²) < 4.78 is 1.69. The molecule has 0 N–H and O–H groups in total. The van der Waals surface area contributed by atoms with Gasteiger partial charge in [-0.2, -0.15) is 4.73 Å². The van der Waals surface area contributed by atoms with E-state index in [-0.39, 0.29) is 0 Å². The van der Waals surface area contributed by atoms with Crippen molar-refractivity contribution in [1.29, 1.82) is 0 Å². The minimum absolute atomic E-state index is 0.655. The van der Waals surface area contributed by atoms with E-state index in [9.17, 15) is 0 Å². The van der Waals surface area contributed by atoms with Gasteiger partial charge in [0.2, 0.25) is 0 Å². The Kier molecular flexibility index (Phi) is 3.93. The van der Waals surface area contributed by atoms with Crippen LogP contribution in [0.1, 0.15) is 13.8 Å². The van der Waals surface area contributed by atoms with E-state index in [4.69, 9.17) is 4.84 Å². The number of likely N-dealkylation sites (N-methyl/N-ethyl adjacent to an activating group) is 1. The Bertz CT molecular complexity index is 464. The molecule has 0 saturated carbocycles. The molecule has 0 unspecified atom stereocenters. The maximum atomic E-state index is 5.67. The minimum Gasteiger partial charge on any atom is -0.411 e. The summed E-state index contributed by atoms with van der Waals surface area (Å²) in [7, 11) is 0. The molecule has 0 saturated heterocycles. The Morgan fingerprint density at radius 1 is 1.29 bits per heavy atom. The highest BCUT2D eigenvalue weighted by Crippen LogP contribution is 2.06. The summed E-state index contributed by atoms with van der Waals surface area (Å²) in [5.41, 5.74) is 1.63. The maximum Gasteiger partial charge on any atom is 0.181 e. The van der Waals surface area contributed by atoms with E-state index in [1.165, 1.54) is 0 Å². The number of pyridine rings is 1. The average molecular weight is 234 g/mol. The van der Waals surface area contributed by atoms with E-state index in [0.717, 1.165) is 30.8 Å². The molecule has 0 aliphatic rings. The Labute approximate surface area is 101 Å². The van der Waals surface area contributed by atoms with Crippen molar-refractivity contribution < 1.29 is 4.84 Å². The Balaban J connectivity index is 1.95. The first kappa shape index (κ1) is 11.9. The van der Waals surface area contributed by atoms with Gasteiger partial charge in [-0.25, -0.2) is 9.97 Å². The van der Waals surface area contributed by atoms with Gasteiger partial charge in [0.05, 0.1) is 0 Å². The molecular weight excluding hydrogens is 216 g/mol. The SMILES string of the molecule is CCN(CC)CCOn1cnc2ncccc21. The van der Waals surface area contributed by atoms with Crippen molar-refractivity contribution in [2.24, 2.45) is 0 Å². The summed E-state index contributed by atoms with van der Waals surface area (Å²) in [6.45, 7) is 7.98. The predicted octanol–water partition coefficient (Wildman–Crippen LogP) is 1.20. The van der Waals surface area contributed by atoms with Gasteiger partial charge in [-0.3, -0.25) is 0 Å². The summed E-state index contributed by atoms with van der Waals surface area (Å²) >= 11 is 0. The van der Waals surface area contributed by atoms with Crippen LogP contribution in [0.15, 0.2) is 24.7 Å². The van der Waals surface area contributed by atoms with Crippen LogP contribution in [0.25, 0.3) is 11.2 Å². The molecule has 2 rings (SSSR count). The lowest BCUT2D eigenvalue weighted by Crippen LogP contribution is -2.30. The molecule has 2 heterocycles. The Hall–Kier alpha value is -1.62. The summed E-state index contributed by atoms with van der Waals surface area (Å²) in [6.07, 6.45) is 3.40. The van der Waals surface area contributed by atoms with Crippen LogP contribution < -0.4 is 4.84 Å². The van der Waals surface area contributed by atoms with Gasteiger partial charge < -0.3 is 9.74 Å². The first-order chi connectivity index (χ1) is 8.35. The van der Waals surface area contributed by atoms with E-state index < -0.39 is 0 Å². The van der Waals surface area contributed by atoms with Gasteiger partial charge in [0.15, 0.2) is 5.65 Å². The Morgan fingerprint density at radius 3 is 2.88 bits per heavy atom. The number of hydrogen-bond acceptors (Lipinski definition) is 4. The van der Waals surface area contributed by atoms with Crippen LogP contribution >= 0.6 is 0 Å². The van der Waals surface area contributed by atoms with Crippen molar-refractivity contribution in [3.8, 4) is 0 Å². The molecule has 92 valence electrons. The van der Waals surface area contributed by atoms with Crippen molar-refractivity contribution in [2.75, 3.05) is 26.2 Å². The molecule has 0 fully saturated rings. The third kappa shape index (κ3) is 2.74. The van der Waals surface area contributed by atoms with Crippen molar-refractivity contribution in [1.82, 2.24) is 19.6 Å². The fraction of sp³-hybridized carbons (Fsp3) is 0.500. The molecule has 2 aromatic rings. The average Bonchev–Trinajstić information content (AvgIpc) is 2.78. The molecule has 0 aliphatic carbocycles. The lowest BCUT2D eigenvalue weighted by Gasteiger charge is -2.17. The summed E-state index contributed by atoms with van der Waals surface area (Å²) in [4.78, 5) is 16.3. The van der Waals surface area contributed by atoms with E-state index >= 15 is 0 Å². The smallest absolute Gasteiger partial charge is 0.181 e. The summed E-state index contributed by atoms with van der Waals surface area (Å²) in [6, 6.07) is 3.83. The summed E-state index contributed by atoms with van der Waals surface area (Å²) in [5, 5.41) is 0. The number of aromatic nitrogens is 3. The Morgan fingerprint density at radius 2 is 2.12 bits per heavy atom. The fourth-order valence-corrected chi connectivity index (χ4v) is 1.74. The van der Waals surface area contributed by atoms with Gasteiger partial charge in [0.25, 0.3) is 0 Å². The van der Waals surface area contributed by atoms with Crippen molar-refractivity contribution >= 4 is 11.2 Å². The number of rotatable bonds is 6. The van der Waals surface area contributed by atoms with Gasteiger partial charge >= 0.3 is 0 Å². The van der Waals surface area contributed by atoms with Gasteiger partial charge in [-0.15, -0.1) is 0 Å². The number of hydrogen-bond donors (Lipinski definition) is 0. The van der Waals surface area contributed by atoms with Crippen LogP contribution in [0.2, 0.25) is 0 Å². The zero-order chi connectivity index (χ0) is 12.1. The van der Waals surface area contributed by atoms with Gasteiger partial charge in [-0.1, -0.05) is 13.8 Å². The lowest BCUT2D eigenvalue weighted by molar-refractivity contribution is 0.0954. The fourth-order valence-electron chi connectivity index (χ4n) is 1.74. The second-order valence-corrected chi connectivity index (χ2v) is 3.78. The van der Waals surface area contributed by atoms with Crippen LogP contribution in [-0.2, 0) is 0 Å².